The normalized spacial score (nSPS) is 13.0. The molecule has 0 fully saturated rings. The number of ether oxygens (including phenoxy) is 1. The molecule has 0 bridgehead atoms. The number of hydrogen-bond acceptors (Lipinski definition) is 4. The van der Waals surface area contributed by atoms with Crippen molar-refractivity contribution in [2.24, 2.45) is 5.73 Å². The average Bonchev–Trinajstić information content (AvgIpc) is 2.99. The number of methoxy groups -OCH3 is 1. The minimum Gasteiger partial charge on any atom is -0.375 e. The largest absolute Gasteiger partial charge is 0.375 e. The van der Waals surface area contributed by atoms with Gasteiger partial charge in [0.2, 0.25) is 0 Å². The number of rotatable bonds is 5. The van der Waals surface area contributed by atoms with Gasteiger partial charge >= 0.3 is 0 Å². The Hall–Kier alpha value is -2.18. The van der Waals surface area contributed by atoms with Gasteiger partial charge in [-0.15, -0.1) is 0 Å². The molecule has 3 rings (SSSR count). The van der Waals surface area contributed by atoms with Crippen molar-refractivity contribution in [3.63, 3.8) is 0 Å². The van der Waals surface area contributed by atoms with Crippen molar-refractivity contribution < 1.29 is 4.74 Å². The number of aromatic nitrogens is 3. The van der Waals surface area contributed by atoms with Crippen LogP contribution in [0.1, 0.15) is 25.1 Å². The molecule has 116 valence electrons. The van der Waals surface area contributed by atoms with Gasteiger partial charge < -0.3 is 15.0 Å². The number of benzene rings is 1. The minimum absolute atomic E-state index is 0.0465. The second kappa shape index (κ2) is 5.90. The summed E-state index contributed by atoms with van der Waals surface area (Å²) in [4.78, 5) is 13.0. The Morgan fingerprint density at radius 2 is 2.18 bits per heavy atom. The fourth-order valence-corrected chi connectivity index (χ4v) is 2.80. The fraction of sp³-hybridized carbons (Fsp3) is 0.375. The van der Waals surface area contributed by atoms with Crippen molar-refractivity contribution in [1.29, 1.82) is 0 Å². The number of aryl methyl sites for hydroxylation is 1. The van der Waals surface area contributed by atoms with E-state index in [-0.39, 0.29) is 11.7 Å². The van der Waals surface area contributed by atoms with E-state index in [1.807, 2.05) is 31.2 Å². The third-order valence-corrected chi connectivity index (χ3v) is 4.05. The van der Waals surface area contributed by atoms with E-state index in [1.165, 1.54) is 0 Å². The number of H-pyrrole nitrogens is 1. The van der Waals surface area contributed by atoms with Crippen LogP contribution in [0.3, 0.4) is 0 Å². The first-order valence-electron chi connectivity index (χ1n) is 7.41. The highest BCUT2D eigenvalue weighted by atomic mass is 16.5. The standard InChI is InChI=1S/C16H20N4O2/c1-10(22-2)14-13-15(19-18-14)11-6-3-4-7-12(11)20(16(13)21)9-5-8-17/h3-4,6-7,10H,5,8-9,17H2,1-2H3,(H,18,19). The third kappa shape index (κ3) is 2.20. The van der Waals surface area contributed by atoms with Crippen LogP contribution < -0.4 is 11.3 Å². The maximum atomic E-state index is 13.0. The summed E-state index contributed by atoms with van der Waals surface area (Å²) in [6, 6.07) is 7.81. The van der Waals surface area contributed by atoms with Crippen LogP contribution in [-0.2, 0) is 11.3 Å². The third-order valence-electron chi connectivity index (χ3n) is 4.05. The number of pyridine rings is 1. The van der Waals surface area contributed by atoms with Crippen molar-refractivity contribution in [2.45, 2.75) is 26.0 Å². The monoisotopic (exact) mass is 300 g/mol. The Balaban J connectivity index is 2.39. The lowest BCUT2D eigenvalue weighted by Gasteiger charge is -2.12. The molecule has 0 amide bonds. The lowest BCUT2D eigenvalue weighted by molar-refractivity contribution is 0.117. The Labute approximate surface area is 127 Å². The summed E-state index contributed by atoms with van der Waals surface area (Å²) in [5, 5.41) is 8.88. The lowest BCUT2D eigenvalue weighted by Crippen LogP contribution is -2.23. The summed E-state index contributed by atoms with van der Waals surface area (Å²) in [7, 11) is 1.62. The van der Waals surface area contributed by atoms with Gasteiger partial charge in [0.25, 0.3) is 5.56 Å². The highest BCUT2D eigenvalue weighted by Gasteiger charge is 2.19. The Kier molecular flexibility index (Phi) is 3.96. The van der Waals surface area contributed by atoms with Crippen LogP contribution in [0.4, 0.5) is 0 Å². The first kappa shape index (κ1) is 14.7. The zero-order valence-electron chi connectivity index (χ0n) is 12.8. The molecule has 0 aliphatic rings. The van der Waals surface area contributed by atoms with Crippen molar-refractivity contribution in [3.05, 3.63) is 40.3 Å². The smallest absolute Gasteiger partial charge is 0.262 e. The fourth-order valence-electron chi connectivity index (χ4n) is 2.80. The van der Waals surface area contributed by atoms with Crippen LogP contribution in [0.15, 0.2) is 29.1 Å². The van der Waals surface area contributed by atoms with Crippen LogP contribution in [0, 0.1) is 0 Å². The van der Waals surface area contributed by atoms with Gasteiger partial charge in [0.1, 0.15) is 5.52 Å². The molecule has 1 unspecified atom stereocenters. The van der Waals surface area contributed by atoms with Crippen LogP contribution in [0.25, 0.3) is 21.8 Å². The van der Waals surface area contributed by atoms with Gasteiger partial charge in [0.15, 0.2) is 0 Å². The number of fused-ring (bicyclic) bond motifs is 3. The van der Waals surface area contributed by atoms with Crippen LogP contribution in [0.5, 0.6) is 0 Å². The molecule has 2 heterocycles. The maximum absolute atomic E-state index is 13.0. The molecule has 0 aliphatic heterocycles. The van der Waals surface area contributed by atoms with Gasteiger partial charge in [-0.1, -0.05) is 18.2 Å². The number of aromatic amines is 1. The summed E-state index contributed by atoms with van der Waals surface area (Å²) in [5.74, 6) is 0. The zero-order valence-corrected chi connectivity index (χ0v) is 12.8. The van der Waals surface area contributed by atoms with Crippen LogP contribution in [-0.4, -0.2) is 28.4 Å². The predicted molar refractivity (Wildman–Crippen MR) is 87.0 cm³/mol. The number of para-hydroxylation sites is 1. The summed E-state index contributed by atoms with van der Waals surface area (Å²) < 4.78 is 7.13. The number of nitrogens with zero attached hydrogens (tertiary/aromatic N) is 2. The first-order valence-corrected chi connectivity index (χ1v) is 7.41. The van der Waals surface area contributed by atoms with E-state index in [0.29, 0.717) is 24.0 Å². The molecule has 0 saturated carbocycles. The molecule has 6 heteroatoms. The molecule has 0 aliphatic carbocycles. The second-order valence-corrected chi connectivity index (χ2v) is 5.35. The Morgan fingerprint density at radius 1 is 1.41 bits per heavy atom. The molecule has 2 aromatic heterocycles. The van der Waals surface area contributed by atoms with Crippen molar-refractivity contribution >= 4 is 21.8 Å². The molecule has 3 aromatic rings. The second-order valence-electron chi connectivity index (χ2n) is 5.35. The maximum Gasteiger partial charge on any atom is 0.262 e. The number of nitrogens with one attached hydrogen (secondary N) is 1. The zero-order chi connectivity index (χ0) is 15.7. The molecule has 6 nitrogen and oxygen atoms in total. The van der Waals surface area contributed by atoms with Gasteiger partial charge in [-0.3, -0.25) is 9.89 Å². The SMILES string of the molecule is COC(C)c1[nH]nc2c1c(=O)n(CCCN)c1ccccc21. The van der Waals surface area contributed by atoms with Crippen LogP contribution in [0.2, 0.25) is 0 Å². The van der Waals surface area contributed by atoms with E-state index < -0.39 is 0 Å². The molecule has 22 heavy (non-hydrogen) atoms. The number of hydrogen-bond donors (Lipinski definition) is 2. The molecule has 0 saturated heterocycles. The van der Waals surface area contributed by atoms with Gasteiger partial charge in [-0.05, 0) is 26.0 Å². The topological polar surface area (TPSA) is 85.9 Å². The molecule has 3 N–H and O–H groups in total. The van der Waals surface area contributed by atoms with Gasteiger partial charge in [-0.2, -0.15) is 5.10 Å². The summed E-state index contributed by atoms with van der Waals surface area (Å²) in [5.41, 5.74) is 7.86. The summed E-state index contributed by atoms with van der Waals surface area (Å²) in [6.45, 7) is 3.04. The molecule has 1 aromatic carbocycles. The summed E-state index contributed by atoms with van der Waals surface area (Å²) >= 11 is 0. The highest BCUT2D eigenvalue weighted by molar-refractivity contribution is 6.04. The van der Waals surface area contributed by atoms with Crippen molar-refractivity contribution in [3.8, 4) is 0 Å². The van der Waals surface area contributed by atoms with Gasteiger partial charge in [0, 0.05) is 19.0 Å². The molecular weight excluding hydrogens is 280 g/mol. The van der Waals surface area contributed by atoms with E-state index in [9.17, 15) is 4.79 Å². The quantitative estimate of drug-likeness (QED) is 0.754. The van der Waals surface area contributed by atoms with Crippen LogP contribution >= 0.6 is 0 Å². The summed E-state index contributed by atoms with van der Waals surface area (Å²) in [6.07, 6.45) is 0.532. The van der Waals surface area contributed by atoms with Gasteiger partial charge in [-0.25, -0.2) is 0 Å². The molecule has 1 atom stereocenters. The van der Waals surface area contributed by atoms with E-state index in [0.717, 1.165) is 23.0 Å². The van der Waals surface area contributed by atoms with E-state index in [1.54, 1.807) is 11.7 Å². The van der Waals surface area contributed by atoms with Gasteiger partial charge in [0.05, 0.1) is 22.7 Å². The predicted octanol–water partition coefficient (Wildman–Crippen LogP) is 1.93. The highest BCUT2D eigenvalue weighted by Crippen LogP contribution is 2.26. The first-order chi connectivity index (χ1) is 10.7. The Bertz CT molecular complexity index is 866. The minimum atomic E-state index is -0.221. The van der Waals surface area contributed by atoms with E-state index >= 15 is 0 Å². The number of nitrogens with two attached hydrogens (primary N) is 1. The lowest BCUT2D eigenvalue weighted by atomic mass is 10.1. The van der Waals surface area contributed by atoms with Crippen molar-refractivity contribution in [2.75, 3.05) is 13.7 Å². The van der Waals surface area contributed by atoms with E-state index in [4.69, 9.17) is 10.5 Å². The molecular formula is C16H20N4O2. The average molecular weight is 300 g/mol. The molecule has 0 spiro atoms. The Morgan fingerprint density at radius 3 is 2.91 bits per heavy atom. The molecule has 0 radical (unpaired) electrons. The van der Waals surface area contributed by atoms with Crippen molar-refractivity contribution in [1.82, 2.24) is 14.8 Å². The van der Waals surface area contributed by atoms with E-state index in [2.05, 4.69) is 10.2 Å².